The number of ether oxygens (including phenoxy) is 1. The first-order valence-corrected chi connectivity index (χ1v) is 9.27. The normalized spacial score (nSPS) is 41.1. The zero-order valence-corrected chi connectivity index (χ0v) is 12.8. The zero-order valence-electron chi connectivity index (χ0n) is 12.0. The second-order valence-corrected chi connectivity index (χ2v) is 8.60. The van der Waals surface area contributed by atoms with E-state index in [1.54, 1.807) is 7.11 Å². The minimum atomic E-state index is -3.00. The van der Waals surface area contributed by atoms with Crippen LogP contribution in [0, 0.1) is 5.92 Å². The van der Waals surface area contributed by atoms with Gasteiger partial charge in [0.05, 0.1) is 17.0 Å². The van der Waals surface area contributed by atoms with Crippen molar-refractivity contribution in [3.05, 3.63) is 0 Å². The molecule has 1 N–H and O–H groups in total. The maximum atomic E-state index is 11.8. The summed E-state index contributed by atoms with van der Waals surface area (Å²) in [6.45, 7) is 0. The Bertz CT molecular complexity index is 406. The van der Waals surface area contributed by atoms with E-state index in [-0.39, 0.29) is 17.3 Å². The molecule has 0 radical (unpaired) electrons. The van der Waals surface area contributed by atoms with Gasteiger partial charge in [-0.05, 0) is 38.0 Å². The Morgan fingerprint density at radius 2 is 1.89 bits per heavy atom. The van der Waals surface area contributed by atoms with Crippen molar-refractivity contribution >= 4 is 9.84 Å². The van der Waals surface area contributed by atoms with Crippen LogP contribution in [0.3, 0.4) is 0 Å². The Balaban J connectivity index is 2.15. The van der Waals surface area contributed by atoms with Gasteiger partial charge in [-0.2, -0.15) is 0 Å². The third kappa shape index (κ3) is 3.14. The predicted molar refractivity (Wildman–Crippen MR) is 74.8 cm³/mol. The highest BCUT2D eigenvalue weighted by atomic mass is 32.2. The van der Waals surface area contributed by atoms with Gasteiger partial charge in [-0.3, -0.25) is 0 Å². The molecule has 2 aliphatic carbocycles. The smallest absolute Gasteiger partial charge is 0.150 e. The summed E-state index contributed by atoms with van der Waals surface area (Å²) in [7, 11) is -1.35. The number of hydrogen-bond donors (Lipinski definition) is 1. The first-order valence-electron chi connectivity index (χ1n) is 7.32. The Hall–Kier alpha value is -0.130. The summed E-state index contributed by atoms with van der Waals surface area (Å²) in [5.41, 5.74) is -0.823. The van der Waals surface area contributed by atoms with Gasteiger partial charge in [0, 0.05) is 13.4 Å². The highest BCUT2D eigenvalue weighted by Gasteiger charge is 2.47. The molecule has 4 nitrogen and oxygen atoms in total. The van der Waals surface area contributed by atoms with Crippen LogP contribution in [0.1, 0.15) is 51.4 Å². The average Bonchev–Trinajstić information content (AvgIpc) is 2.38. The Kier molecular flexibility index (Phi) is 4.58. The van der Waals surface area contributed by atoms with Crippen molar-refractivity contribution in [2.45, 2.75) is 68.3 Å². The minimum absolute atomic E-state index is 0.0613. The van der Waals surface area contributed by atoms with Crippen molar-refractivity contribution in [3.8, 4) is 0 Å². The van der Waals surface area contributed by atoms with E-state index in [0.29, 0.717) is 6.42 Å². The lowest BCUT2D eigenvalue weighted by Crippen LogP contribution is -2.53. The average molecular weight is 290 g/mol. The molecule has 0 spiro atoms. The second-order valence-electron chi connectivity index (χ2n) is 6.28. The summed E-state index contributed by atoms with van der Waals surface area (Å²) in [5, 5.41) is 10.7. The van der Waals surface area contributed by atoms with Crippen LogP contribution in [-0.2, 0) is 14.6 Å². The molecule has 2 aliphatic rings. The van der Waals surface area contributed by atoms with Crippen molar-refractivity contribution in [1.29, 1.82) is 0 Å². The second kappa shape index (κ2) is 5.70. The summed E-state index contributed by atoms with van der Waals surface area (Å²) in [6.07, 6.45) is 8.05. The third-order valence-electron chi connectivity index (χ3n) is 5.07. The van der Waals surface area contributed by atoms with Gasteiger partial charge in [-0.25, -0.2) is 8.42 Å². The molecule has 2 fully saturated rings. The third-order valence-corrected chi connectivity index (χ3v) is 6.71. The maximum absolute atomic E-state index is 11.8. The molecule has 0 aliphatic heterocycles. The van der Waals surface area contributed by atoms with Gasteiger partial charge in [0.1, 0.15) is 9.84 Å². The molecule has 0 heterocycles. The van der Waals surface area contributed by atoms with Crippen molar-refractivity contribution in [1.82, 2.24) is 0 Å². The van der Waals surface area contributed by atoms with Crippen molar-refractivity contribution in [2.75, 3.05) is 13.4 Å². The topological polar surface area (TPSA) is 63.6 Å². The molecule has 4 atom stereocenters. The van der Waals surface area contributed by atoms with Crippen LogP contribution in [0.4, 0.5) is 0 Å². The fraction of sp³-hybridized carbons (Fsp3) is 1.00. The first kappa shape index (κ1) is 15.3. The van der Waals surface area contributed by atoms with Crippen molar-refractivity contribution in [3.63, 3.8) is 0 Å². The fourth-order valence-corrected chi connectivity index (χ4v) is 5.10. The minimum Gasteiger partial charge on any atom is -0.387 e. The molecule has 2 rings (SSSR count). The molecule has 0 aromatic heterocycles. The fourth-order valence-electron chi connectivity index (χ4n) is 3.93. The molecular weight excluding hydrogens is 264 g/mol. The number of sulfone groups is 1. The molecule has 2 saturated carbocycles. The lowest BCUT2D eigenvalue weighted by atomic mass is 9.68. The van der Waals surface area contributed by atoms with Gasteiger partial charge in [0.25, 0.3) is 0 Å². The van der Waals surface area contributed by atoms with Gasteiger partial charge < -0.3 is 9.84 Å². The summed E-state index contributed by atoms with van der Waals surface area (Å²) in [6, 6.07) is 0. The number of hydrogen-bond acceptors (Lipinski definition) is 4. The largest absolute Gasteiger partial charge is 0.387 e. The predicted octanol–water partition coefficient (Wildman–Crippen LogP) is 1.91. The van der Waals surface area contributed by atoms with Crippen LogP contribution in [0.2, 0.25) is 0 Å². The molecule has 0 bridgehead atoms. The van der Waals surface area contributed by atoms with Crippen LogP contribution in [0.15, 0.2) is 0 Å². The van der Waals surface area contributed by atoms with E-state index in [0.717, 1.165) is 44.9 Å². The molecule has 19 heavy (non-hydrogen) atoms. The highest BCUT2D eigenvalue weighted by Crippen LogP contribution is 2.43. The SMILES string of the molecule is COC1CCCCC1(O)C1CCCC(S(C)(=O)=O)C1. The van der Waals surface area contributed by atoms with E-state index in [9.17, 15) is 13.5 Å². The van der Waals surface area contributed by atoms with Crippen LogP contribution < -0.4 is 0 Å². The van der Waals surface area contributed by atoms with E-state index >= 15 is 0 Å². The molecule has 0 aromatic rings. The number of aliphatic hydroxyl groups is 1. The van der Waals surface area contributed by atoms with Gasteiger partial charge in [0.15, 0.2) is 0 Å². The maximum Gasteiger partial charge on any atom is 0.150 e. The van der Waals surface area contributed by atoms with Gasteiger partial charge in [-0.15, -0.1) is 0 Å². The van der Waals surface area contributed by atoms with Crippen molar-refractivity contribution in [2.24, 2.45) is 5.92 Å². The molecule has 5 heteroatoms. The molecule has 112 valence electrons. The molecule has 0 saturated heterocycles. The van der Waals surface area contributed by atoms with E-state index < -0.39 is 15.4 Å². The van der Waals surface area contributed by atoms with Crippen LogP contribution in [-0.4, -0.2) is 43.8 Å². The van der Waals surface area contributed by atoms with E-state index in [2.05, 4.69) is 0 Å². The Morgan fingerprint density at radius 1 is 1.16 bits per heavy atom. The summed E-state index contributed by atoms with van der Waals surface area (Å²) < 4.78 is 29.0. The van der Waals surface area contributed by atoms with Gasteiger partial charge in [-0.1, -0.05) is 19.3 Å². The number of methoxy groups -OCH3 is 1. The van der Waals surface area contributed by atoms with E-state index in [1.165, 1.54) is 6.26 Å². The van der Waals surface area contributed by atoms with Crippen LogP contribution >= 0.6 is 0 Å². The quantitative estimate of drug-likeness (QED) is 0.862. The zero-order chi connectivity index (χ0) is 14.1. The van der Waals surface area contributed by atoms with Gasteiger partial charge >= 0.3 is 0 Å². The van der Waals surface area contributed by atoms with E-state index in [1.807, 2.05) is 0 Å². The van der Waals surface area contributed by atoms with Crippen molar-refractivity contribution < 1.29 is 18.3 Å². The summed E-state index contributed by atoms with van der Waals surface area (Å²) in [5.74, 6) is 0.0613. The number of rotatable bonds is 3. The standard InChI is InChI=1S/C14H26O4S/c1-18-13-8-3-4-9-14(13,15)11-6-5-7-12(10-11)19(2,16)17/h11-13,15H,3-10H2,1-2H3. The Labute approximate surface area is 116 Å². The summed E-state index contributed by atoms with van der Waals surface area (Å²) in [4.78, 5) is 0. The Morgan fingerprint density at radius 3 is 2.53 bits per heavy atom. The molecule has 0 aromatic carbocycles. The summed E-state index contributed by atoms with van der Waals surface area (Å²) >= 11 is 0. The first-order chi connectivity index (χ1) is 8.88. The lowest BCUT2D eigenvalue weighted by Gasteiger charge is -2.47. The van der Waals surface area contributed by atoms with Crippen LogP contribution in [0.25, 0.3) is 0 Å². The monoisotopic (exact) mass is 290 g/mol. The molecule has 4 unspecified atom stereocenters. The molecule has 0 amide bonds. The van der Waals surface area contributed by atoms with Crippen LogP contribution in [0.5, 0.6) is 0 Å². The van der Waals surface area contributed by atoms with E-state index in [4.69, 9.17) is 4.74 Å². The highest BCUT2D eigenvalue weighted by molar-refractivity contribution is 7.91. The van der Waals surface area contributed by atoms with Gasteiger partial charge in [0.2, 0.25) is 0 Å². The lowest BCUT2D eigenvalue weighted by molar-refractivity contribution is -0.155. The molecular formula is C14H26O4S.